The van der Waals surface area contributed by atoms with Gasteiger partial charge in [-0.1, -0.05) is 0 Å². The van der Waals surface area contributed by atoms with Crippen molar-refractivity contribution < 1.29 is 14.3 Å². The van der Waals surface area contributed by atoms with Crippen molar-refractivity contribution in [3.8, 4) is 0 Å². The summed E-state index contributed by atoms with van der Waals surface area (Å²) < 4.78 is 4.85. The zero-order valence-corrected chi connectivity index (χ0v) is 12.3. The fourth-order valence-corrected chi connectivity index (χ4v) is 2.88. The summed E-state index contributed by atoms with van der Waals surface area (Å²) >= 11 is 0. The van der Waals surface area contributed by atoms with E-state index >= 15 is 0 Å². The van der Waals surface area contributed by atoms with Gasteiger partial charge in [-0.05, 0) is 31.8 Å². The van der Waals surface area contributed by atoms with Crippen molar-refractivity contribution in [2.45, 2.75) is 19.3 Å². The van der Waals surface area contributed by atoms with E-state index in [0.717, 1.165) is 25.9 Å². The maximum Gasteiger partial charge on any atom is 0.248 e. The van der Waals surface area contributed by atoms with E-state index in [-0.39, 0.29) is 18.4 Å². The van der Waals surface area contributed by atoms with Crippen molar-refractivity contribution in [1.29, 1.82) is 0 Å². The molecule has 2 aliphatic rings. The molecule has 2 aliphatic heterocycles. The summed E-state index contributed by atoms with van der Waals surface area (Å²) in [5.74, 6) is 0.783. The Morgan fingerprint density at radius 2 is 1.60 bits per heavy atom. The summed E-state index contributed by atoms with van der Waals surface area (Å²) in [5, 5.41) is 3.32. The Morgan fingerprint density at radius 3 is 2.15 bits per heavy atom. The number of ether oxygens (including phenoxy) is 1. The van der Waals surface area contributed by atoms with Crippen molar-refractivity contribution in [1.82, 2.24) is 15.1 Å². The number of piperidine rings is 1. The molecule has 20 heavy (non-hydrogen) atoms. The number of amides is 2. The molecular weight excluding hydrogens is 258 g/mol. The highest BCUT2D eigenvalue weighted by atomic mass is 16.5. The highest BCUT2D eigenvalue weighted by Crippen LogP contribution is 2.17. The van der Waals surface area contributed by atoms with Gasteiger partial charge >= 0.3 is 0 Å². The monoisotopic (exact) mass is 283 g/mol. The topological polar surface area (TPSA) is 61.9 Å². The number of hydrogen-bond acceptors (Lipinski definition) is 4. The lowest BCUT2D eigenvalue weighted by atomic mass is 9.94. The molecule has 2 heterocycles. The van der Waals surface area contributed by atoms with Crippen LogP contribution < -0.4 is 5.32 Å². The number of nitrogens with zero attached hydrogens (tertiary/aromatic N) is 2. The summed E-state index contributed by atoms with van der Waals surface area (Å²) in [6, 6.07) is 0. The van der Waals surface area contributed by atoms with Gasteiger partial charge in [-0.2, -0.15) is 0 Å². The highest BCUT2D eigenvalue weighted by molar-refractivity contribution is 5.79. The molecule has 0 saturated carbocycles. The zero-order valence-electron chi connectivity index (χ0n) is 12.3. The van der Waals surface area contributed by atoms with Crippen molar-refractivity contribution in [3.63, 3.8) is 0 Å². The number of methoxy groups -OCH3 is 1. The molecule has 1 N–H and O–H groups in total. The van der Waals surface area contributed by atoms with Crippen LogP contribution in [0.4, 0.5) is 0 Å². The van der Waals surface area contributed by atoms with E-state index < -0.39 is 0 Å². The maximum atomic E-state index is 12.2. The second-order valence-electron chi connectivity index (χ2n) is 5.59. The molecule has 0 radical (unpaired) electrons. The van der Waals surface area contributed by atoms with Gasteiger partial charge in [0.2, 0.25) is 11.8 Å². The van der Waals surface area contributed by atoms with Crippen LogP contribution in [0.1, 0.15) is 19.3 Å². The van der Waals surface area contributed by atoms with Gasteiger partial charge in [-0.25, -0.2) is 0 Å². The lowest BCUT2D eigenvalue weighted by Gasteiger charge is -2.35. The van der Waals surface area contributed by atoms with Crippen LogP contribution in [-0.4, -0.2) is 74.6 Å². The summed E-state index contributed by atoms with van der Waals surface area (Å²) in [5.41, 5.74) is 0. The third-order valence-corrected chi connectivity index (χ3v) is 4.17. The second kappa shape index (κ2) is 7.59. The van der Waals surface area contributed by atoms with Crippen LogP contribution >= 0.6 is 0 Å². The molecule has 0 aromatic carbocycles. The van der Waals surface area contributed by atoms with Gasteiger partial charge in [0.1, 0.15) is 6.61 Å². The number of nitrogens with one attached hydrogen (secondary N) is 1. The predicted octanol–water partition coefficient (Wildman–Crippen LogP) is -0.307. The third-order valence-electron chi connectivity index (χ3n) is 4.17. The van der Waals surface area contributed by atoms with Gasteiger partial charge in [0.05, 0.1) is 0 Å². The Kier molecular flexibility index (Phi) is 5.79. The summed E-state index contributed by atoms with van der Waals surface area (Å²) in [4.78, 5) is 27.6. The summed E-state index contributed by atoms with van der Waals surface area (Å²) in [6.07, 6.45) is 2.85. The average Bonchev–Trinajstić information content (AvgIpc) is 2.48. The van der Waals surface area contributed by atoms with E-state index in [9.17, 15) is 9.59 Å². The number of hydrogen-bond donors (Lipinski definition) is 1. The standard InChI is InChI=1S/C14H25N3O3/c1-20-11-14(19)17-8-6-16(7-9-17)13(18)10-12-2-4-15-5-3-12/h12,15H,2-11H2,1H3. The van der Waals surface area contributed by atoms with Gasteiger partial charge in [-0.3, -0.25) is 9.59 Å². The van der Waals surface area contributed by atoms with E-state index in [1.54, 1.807) is 4.90 Å². The average molecular weight is 283 g/mol. The fourth-order valence-electron chi connectivity index (χ4n) is 2.88. The smallest absolute Gasteiger partial charge is 0.248 e. The molecule has 2 amide bonds. The molecule has 0 spiro atoms. The second-order valence-corrected chi connectivity index (χ2v) is 5.59. The Balaban J connectivity index is 1.72. The molecule has 114 valence electrons. The minimum atomic E-state index is 0.0120. The van der Waals surface area contributed by atoms with Crippen LogP contribution in [0.25, 0.3) is 0 Å². The normalized spacial score (nSPS) is 21.1. The molecule has 2 rings (SSSR count). The minimum absolute atomic E-state index is 0.0120. The lowest BCUT2D eigenvalue weighted by Crippen LogP contribution is -2.51. The molecule has 2 saturated heterocycles. The Hall–Kier alpha value is -1.14. The van der Waals surface area contributed by atoms with Gasteiger partial charge in [-0.15, -0.1) is 0 Å². The summed E-state index contributed by atoms with van der Waals surface area (Å²) in [7, 11) is 1.52. The molecule has 0 aromatic heterocycles. The van der Waals surface area contributed by atoms with Gasteiger partial charge in [0, 0.05) is 39.7 Å². The maximum absolute atomic E-state index is 12.2. The van der Waals surface area contributed by atoms with E-state index in [0.29, 0.717) is 38.5 Å². The SMILES string of the molecule is COCC(=O)N1CCN(C(=O)CC2CCNCC2)CC1. The van der Waals surface area contributed by atoms with E-state index in [1.807, 2.05) is 4.90 Å². The summed E-state index contributed by atoms with van der Waals surface area (Å²) in [6.45, 7) is 4.73. The predicted molar refractivity (Wildman–Crippen MR) is 75.2 cm³/mol. The fraction of sp³-hybridized carbons (Fsp3) is 0.857. The Bertz CT molecular complexity index is 335. The van der Waals surface area contributed by atoms with Crippen LogP contribution in [-0.2, 0) is 14.3 Å². The van der Waals surface area contributed by atoms with Crippen LogP contribution in [0.15, 0.2) is 0 Å². The number of carbonyl (C=O) groups excluding carboxylic acids is 2. The minimum Gasteiger partial charge on any atom is -0.375 e. The zero-order chi connectivity index (χ0) is 14.4. The lowest BCUT2D eigenvalue weighted by molar-refractivity contribution is -0.142. The molecule has 6 heteroatoms. The molecular formula is C14H25N3O3. The highest BCUT2D eigenvalue weighted by Gasteiger charge is 2.26. The third kappa shape index (κ3) is 4.18. The van der Waals surface area contributed by atoms with Crippen molar-refractivity contribution in [3.05, 3.63) is 0 Å². The van der Waals surface area contributed by atoms with Gasteiger partial charge < -0.3 is 19.9 Å². The Labute approximate surface area is 120 Å². The first-order valence-corrected chi connectivity index (χ1v) is 7.46. The molecule has 0 aliphatic carbocycles. The quantitative estimate of drug-likeness (QED) is 0.769. The molecule has 0 unspecified atom stereocenters. The van der Waals surface area contributed by atoms with Crippen molar-refractivity contribution in [2.24, 2.45) is 5.92 Å². The Morgan fingerprint density at radius 1 is 1.05 bits per heavy atom. The van der Waals surface area contributed by atoms with Crippen molar-refractivity contribution >= 4 is 11.8 Å². The van der Waals surface area contributed by atoms with E-state index in [4.69, 9.17) is 4.74 Å². The van der Waals surface area contributed by atoms with Crippen LogP contribution in [0, 0.1) is 5.92 Å². The van der Waals surface area contributed by atoms with Gasteiger partial charge in [0.15, 0.2) is 0 Å². The number of rotatable bonds is 4. The first-order valence-electron chi connectivity index (χ1n) is 7.46. The molecule has 0 aromatic rings. The van der Waals surface area contributed by atoms with E-state index in [1.165, 1.54) is 7.11 Å². The molecule has 0 atom stereocenters. The molecule has 2 fully saturated rings. The van der Waals surface area contributed by atoms with Crippen LogP contribution in [0.5, 0.6) is 0 Å². The van der Waals surface area contributed by atoms with E-state index in [2.05, 4.69) is 5.32 Å². The van der Waals surface area contributed by atoms with Crippen molar-refractivity contribution in [2.75, 3.05) is 53.0 Å². The molecule has 6 nitrogen and oxygen atoms in total. The van der Waals surface area contributed by atoms with Gasteiger partial charge in [0.25, 0.3) is 0 Å². The first kappa shape index (κ1) is 15.3. The number of carbonyl (C=O) groups is 2. The largest absolute Gasteiger partial charge is 0.375 e. The van der Waals surface area contributed by atoms with Crippen LogP contribution in [0.3, 0.4) is 0 Å². The number of piperazine rings is 1. The molecule has 0 bridgehead atoms. The first-order chi connectivity index (χ1) is 9.70. The van der Waals surface area contributed by atoms with Crippen LogP contribution in [0.2, 0.25) is 0 Å².